The lowest BCUT2D eigenvalue weighted by molar-refractivity contribution is 0.0941. The van der Waals surface area contributed by atoms with E-state index in [2.05, 4.69) is 39.6 Å². The zero-order chi connectivity index (χ0) is 22.2. The van der Waals surface area contributed by atoms with E-state index in [1.165, 1.54) is 49.8 Å². The second-order valence-corrected chi connectivity index (χ2v) is 8.65. The maximum Gasteiger partial charge on any atom is 0.273 e. The fraction of sp³-hybridized carbons (Fsp3) is 0.385. The molecule has 6 heteroatoms. The number of nitrogens with zero attached hydrogens (tertiary/aromatic N) is 2. The Morgan fingerprint density at radius 1 is 1.00 bits per heavy atom. The van der Waals surface area contributed by atoms with E-state index in [0.717, 1.165) is 18.7 Å². The summed E-state index contributed by atoms with van der Waals surface area (Å²) in [5.74, 6) is 0.790. The third kappa shape index (κ3) is 6.50. The second-order valence-electron chi connectivity index (χ2n) is 8.65. The molecule has 0 bridgehead atoms. The van der Waals surface area contributed by atoms with Crippen LogP contribution < -0.4 is 5.32 Å². The highest BCUT2D eigenvalue weighted by Crippen LogP contribution is 2.25. The van der Waals surface area contributed by atoms with E-state index in [9.17, 15) is 9.18 Å². The van der Waals surface area contributed by atoms with Gasteiger partial charge in [0, 0.05) is 25.7 Å². The van der Waals surface area contributed by atoms with Gasteiger partial charge < -0.3 is 9.84 Å². The Kier molecular flexibility index (Phi) is 7.67. The highest BCUT2D eigenvalue weighted by Gasteiger charge is 2.20. The molecule has 0 radical (unpaired) electrons. The van der Waals surface area contributed by atoms with Crippen LogP contribution in [0.1, 0.15) is 59.5 Å². The van der Waals surface area contributed by atoms with Crippen LogP contribution in [-0.4, -0.2) is 22.5 Å². The molecule has 1 aromatic heterocycles. The monoisotopic (exact) mass is 435 g/mol. The van der Waals surface area contributed by atoms with Gasteiger partial charge in [0.05, 0.1) is 6.54 Å². The van der Waals surface area contributed by atoms with E-state index in [1.807, 2.05) is 6.07 Å². The molecule has 1 heterocycles. The van der Waals surface area contributed by atoms with Crippen molar-refractivity contribution in [1.29, 1.82) is 0 Å². The van der Waals surface area contributed by atoms with Gasteiger partial charge in [0.15, 0.2) is 11.5 Å². The maximum absolute atomic E-state index is 13.0. The van der Waals surface area contributed by atoms with Gasteiger partial charge in [-0.2, -0.15) is 0 Å². The second kappa shape index (κ2) is 11.0. The van der Waals surface area contributed by atoms with Crippen molar-refractivity contribution in [3.63, 3.8) is 0 Å². The van der Waals surface area contributed by atoms with Gasteiger partial charge in [0.25, 0.3) is 5.91 Å². The lowest BCUT2D eigenvalue weighted by Crippen LogP contribution is -2.30. The highest BCUT2D eigenvalue weighted by molar-refractivity contribution is 5.92. The van der Waals surface area contributed by atoms with Gasteiger partial charge in [-0.15, -0.1) is 0 Å². The lowest BCUT2D eigenvalue weighted by Gasteiger charge is -2.29. The zero-order valence-corrected chi connectivity index (χ0v) is 18.3. The number of benzene rings is 2. The molecule has 2 aromatic carbocycles. The molecule has 1 fully saturated rings. The molecule has 4 rings (SSSR count). The predicted octanol–water partition coefficient (Wildman–Crippen LogP) is 5.33. The molecule has 5 nitrogen and oxygen atoms in total. The van der Waals surface area contributed by atoms with Crippen molar-refractivity contribution in [3.05, 3.63) is 89.1 Å². The number of nitrogens with one attached hydrogen (secondary N) is 1. The molecule has 1 amide bonds. The smallest absolute Gasteiger partial charge is 0.273 e. The minimum absolute atomic E-state index is 0.263. The first-order valence-electron chi connectivity index (χ1n) is 11.4. The summed E-state index contributed by atoms with van der Waals surface area (Å²) >= 11 is 0. The van der Waals surface area contributed by atoms with E-state index in [1.54, 1.807) is 18.2 Å². The summed E-state index contributed by atoms with van der Waals surface area (Å²) in [6.45, 7) is 2.78. The van der Waals surface area contributed by atoms with Crippen LogP contribution in [0.2, 0.25) is 0 Å². The Bertz CT molecular complexity index is 982. The first kappa shape index (κ1) is 22.2. The normalized spacial score (nSPS) is 14.6. The largest absolute Gasteiger partial charge is 0.359 e. The number of halogens is 1. The third-order valence-electron chi connectivity index (χ3n) is 6.03. The average Bonchev–Trinajstić information content (AvgIpc) is 3.28. The number of hydrogen-bond acceptors (Lipinski definition) is 4. The van der Waals surface area contributed by atoms with Crippen molar-refractivity contribution in [3.8, 4) is 0 Å². The molecular weight excluding hydrogens is 405 g/mol. The van der Waals surface area contributed by atoms with Crippen LogP contribution in [0.25, 0.3) is 0 Å². The molecule has 1 aliphatic rings. The van der Waals surface area contributed by atoms with E-state index in [4.69, 9.17) is 4.52 Å². The third-order valence-corrected chi connectivity index (χ3v) is 6.03. The Balaban J connectivity index is 1.37. The van der Waals surface area contributed by atoms with Crippen LogP contribution >= 0.6 is 0 Å². The van der Waals surface area contributed by atoms with Crippen LogP contribution in [0.4, 0.5) is 4.39 Å². The molecule has 32 heavy (non-hydrogen) atoms. The van der Waals surface area contributed by atoms with Gasteiger partial charge in [-0.05, 0) is 42.0 Å². The Morgan fingerprint density at radius 3 is 2.50 bits per heavy atom. The molecule has 0 atom stereocenters. The summed E-state index contributed by atoms with van der Waals surface area (Å²) in [4.78, 5) is 14.9. The first-order chi connectivity index (χ1) is 15.7. The van der Waals surface area contributed by atoms with Crippen LogP contribution in [0.5, 0.6) is 0 Å². The van der Waals surface area contributed by atoms with Crippen LogP contribution in [0, 0.1) is 11.7 Å². The number of hydrogen-bond donors (Lipinski definition) is 1. The fourth-order valence-electron chi connectivity index (χ4n) is 4.35. The molecule has 3 aromatic rings. The molecule has 0 aliphatic heterocycles. The van der Waals surface area contributed by atoms with E-state index in [0.29, 0.717) is 24.8 Å². The lowest BCUT2D eigenvalue weighted by atomic mass is 9.89. The summed E-state index contributed by atoms with van der Waals surface area (Å²) in [7, 11) is 0. The van der Waals surface area contributed by atoms with Crippen molar-refractivity contribution in [2.75, 3.05) is 6.54 Å². The standard InChI is InChI=1S/C26H30FN3O2/c27-23-13-11-20(12-14-23)16-28-26(31)25-15-24(32-29-25)19-30(17-21-7-3-1-4-8-21)18-22-9-5-2-6-10-22/h1,3-4,7-8,11-15,22H,2,5-6,9-10,16-19H2,(H,28,31). The Labute approximate surface area is 188 Å². The van der Waals surface area contributed by atoms with Crippen molar-refractivity contribution >= 4 is 5.91 Å². The number of carbonyl (C=O) groups is 1. The van der Waals surface area contributed by atoms with Gasteiger partial charge >= 0.3 is 0 Å². The molecule has 1 saturated carbocycles. The van der Waals surface area contributed by atoms with Crippen LogP contribution in [-0.2, 0) is 19.6 Å². The van der Waals surface area contributed by atoms with Crippen molar-refractivity contribution in [2.24, 2.45) is 5.92 Å². The topological polar surface area (TPSA) is 58.4 Å². The summed E-state index contributed by atoms with van der Waals surface area (Å²) in [5.41, 5.74) is 2.35. The Hall–Kier alpha value is -2.99. The van der Waals surface area contributed by atoms with Gasteiger partial charge in [-0.25, -0.2) is 4.39 Å². The van der Waals surface area contributed by atoms with Crippen molar-refractivity contribution < 1.29 is 13.7 Å². The molecule has 1 N–H and O–H groups in total. The molecule has 1 aliphatic carbocycles. The fourth-order valence-corrected chi connectivity index (χ4v) is 4.35. The summed E-state index contributed by atoms with van der Waals surface area (Å²) in [6.07, 6.45) is 6.51. The first-order valence-corrected chi connectivity index (χ1v) is 11.4. The van der Waals surface area contributed by atoms with Crippen LogP contribution in [0.3, 0.4) is 0 Å². The highest BCUT2D eigenvalue weighted by atomic mass is 19.1. The van der Waals surface area contributed by atoms with Crippen molar-refractivity contribution in [2.45, 2.75) is 51.7 Å². The minimum Gasteiger partial charge on any atom is -0.359 e. The molecular formula is C26H30FN3O2. The summed E-state index contributed by atoms with van der Waals surface area (Å²) in [6, 6.07) is 18.2. The Morgan fingerprint density at radius 2 is 1.75 bits per heavy atom. The van der Waals surface area contributed by atoms with Crippen molar-refractivity contribution in [1.82, 2.24) is 15.4 Å². The number of amides is 1. The SMILES string of the molecule is O=C(NCc1ccc(F)cc1)c1cc(CN(Cc2ccccc2)CC2CCCCC2)on1. The number of rotatable bonds is 9. The minimum atomic E-state index is -0.300. The van der Waals surface area contributed by atoms with Gasteiger partial charge in [-0.1, -0.05) is 66.9 Å². The van der Waals surface area contributed by atoms with Gasteiger partial charge in [0.1, 0.15) is 5.82 Å². The number of carbonyl (C=O) groups excluding carboxylic acids is 1. The van der Waals surface area contributed by atoms with E-state index >= 15 is 0 Å². The van der Waals surface area contributed by atoms with Crippen LogP contribution in [0.15, 0.2) is 65.2 Å². The molecule has 0 spiro atoms. The molecule has 0 saturated heterocycles. The van der Waals surface area contributed by atoms with Gasteiger partial charge in [0.2, 0.25) is 0 Å². The quantitative estimate of drug-likeness (QED) is 0.494. The molecule has 0 unspecified atom stereocenters. The average molecular weight is 436 g/mol. The molecule has 168 valence electrons. The number of aromatic nitrogens is 1. The van der Waals surface area contributed by atoms with E-state index < -0.39 is 0 Å². The van der Waals surface area contributed by atoms with E-state index in [-0.39, 0.29) is 17.4 Å². The maximum atomic E-state index is 13.0. The zero-order valence-electron chi connectivity index (χ0n) is 18.3. The van der Waals surface area contributed by atoms with Gasteiger partial charge in [-0.3, -0.25) is 9.69 Å². The predicted molar refractivity (Wildman–Crippen MR) is 121 cm³/mol. The summed E-state index contributed by atoms with van der Waals surface area (Å²) < 4.78 is 18.5. The summed E-state index contributed by atoms with van der Waals surface area (Å²) in [5, 5.41) is 6.79.